The van der Waals surface area contributed by atoms with Crippen LogP contribution in [0.2, 0.25) is 0 Å². The molecule has 0 bridgehead atoms. The Bertz CT molecular complexity index is 697. The van der Waals surface area contributed by atoms with Gasteiger partial charge in [0.05, 0.1) is 17.4 Å². The number of nitrogens with zero attached hydrogens (tertiary/aromatic N) is 2. The zero-order valence-corrected chi connectivity index (χ0v) is 13.2. The van der Waals surface area contributed by atoms with Crippen molar-refractivity contribution in [3.63, 3.8) is 0 Å². The first-order valence-corrected chi connectivity index (χ1v) is 7.40. The Labute approximate surface area is 135 Å². The molecule has 0 saturated heterocycles. The molecule has 0 unspecified atom stereocenters. The van der Waals surface area contributed by atoms with E-state index in [1.165, 1.54) is 0 Å². The van der Waals surface area contributed by atoms with Crippen molar-refractivity contribution in [2.75, 3.05) is 11.1 Å². The number of nitrogens with two attached hydrogens (primary N) is 2. The number of nitrogen functional groups attached to an aromatic ring is 1. The Balaban J connectivity index is 2.24. The van der Waals surface area contributed by atoms with Gasteiger partial charge >= 0.3 is 0 Å². The summed E-state index contributed by atoms with van der Waals surface area (Å²) in [6, 6.07) is 13.8. The molecule has 6 nitrogen and oxygen atoms in total. The maximum absolute atomic E-state index is 12.1. The van der Waals surface area contributed by atoms with Crippen LogP contribution in [0.4, 0.5) is 22.7 Å². The monoisotopic (exact) mass is 311 g/mol. The number of hydrogen-bond donors (Lipinski definition) is 3. The van der Waals surface area contributed by atoms with Gasteiger partial charge in [-0.2, -0.15) is 5.11 Å². The molecule has 2 aromatic carbocycles. The van der Waals surface area contributed by atoms with Gasteiger partial charge in [0.15, 0.2) is 0 Å². The smallest absolute Gasteiger partial charge is 0.241 e. The van der Waals surface area contributed by atoms with E-state index in [2.05, 4.69) is 15.5 Å². The summed E-state index contributed by atoms with van der Waals surface area (Å²) in [7, 11) is 0. The van der Waals surface area contributed by atoms with Crippen molar-refractivity contribution in [1.29, 1.82) is 0 Å². The summed E-state index contributed by atoms with van der Waals surface area (Å²) in [5.41, 5.74) is 13.9. The van der Waals surface area contributed by atoms with E-state index in [0.29, 0.717) is 17.1 Å². The number of amides is 1. The lowest BCUT2D eigenvalue weighted by atomic mass is 10.0. The number of azo groups is 1. The number of benzene rings is 2. The molecule has 0 aliphatic rings. The summed E-state index contributed by atoms with van der Waals surface area (Å²) in [6.45, 7) is 3.78. The zero-order valence-electron chi connectivity index (χ0n) is 13.2. The fourth-order valence-corrected chi connectivity index (χ4v) is 1.87. The first kappa shape index (κ1) is 16.6. The van der Waals surface area contributed by atoms with E-state index in [4.69, 9.17) is 11.5 Å². The molecule has 23 heavy (non-hydrogen) atoms. The summed E-state index contributed by atoms with van der Waals surface area (Å²) in [6.07, 6.45) is 0. The molecule has 0 radical (unpaired) electrons. The van der Waals surface area contributed by atoms with Crippen LogP contribution < -0.4 is 16.8 Å². The largest absolute Gasteiger partial charge is 0.399 e. The highest BCUT2D eigenvalue weighted by Crippen LogP contribution is 2.29. The van der Waals surface area contributed by atoms with Crippen LogP contribution in [0.1, 0.15) is 13.8 Å². The van der Waals surface area contributed by atoms with Crippen LogP contribution in [0.15, 0.2) is 58.8 Å². The lowest BCUT2D eigenvalue weighted by Gasteiger charge is -2.16. The molecule has 6 heteroatoms. The van der Waals surface area contributed by atoms with Crippen LogP contribution >= 0.6 is 0 Å². The quantitative estimate of drug-likeness (QED) is 0.580. The van der Waals surface area contributed by atoms with Gasteiger partial charge in [-0.25, -0.2) is 0 Å². The Morgan fingerprint density at radius 1 is 1.09 bits per heavy atom. The number of nitrogens with one attached hydrogen (secondary N) is 1. The molecule has 0 saturated carbocycles. The second-order valence-electron chi connectivity index (χ2n) is 5.57. The van der Waals surface area contributed by atoms with E-state index in [-0.39, 0.29) is 11.8 Å². The third-order valence-electron chi connectivity index (χ3n) is 3.33. The fourth-order valence-electron chi connectivity index (χ4n) is 1.87. The van der Waals surface area contributed by atoms with Crippen molar-refractivity contribution in [1.82, 2.24) is 0 Å². The molecule has 0 heterocycles. The lowest BCUT2D eigenvalue weighted by Crippen LogP contribution is -2.39. The van der Waals surface area contributed by atoms with Gasteiger partial charge in [-0.15, -0.1) is 5.11 Å². The third kappa shape index (κ3) is 4.62. The van der Waals surface area contributed by atoms with Gasteiger partial charge in [-0.3, -0.25) is 4.79 Å². The summed E-state index contributed by atoms with van der Waals surface area (Å²) in [4.78, 5) is 12.1. The van der Waals surface area contributed by atoms with Gasteiger partial charge in [0, 0.05) is 5.69 Å². The average Bonchev–Trinajstić information content (AvgIpc) is 2.54. The van der Waals surface area contributed by atoms with Crippen LogP contribution in [0, 0.1) is 5.92 Å². The van der Waals surface area contributed by atoms with E-state index in [0.717, 1.165) is 5.69 Å². The molecule has 1 atom stereocenters. The van der Waals surface area contributed by atoms with Gasteiger partial charge in [0.1, 0.15) is 5.69 Å². The summed E-state index contributed by atoms with van der Waals surface area (Å²) in [5.74, 6) is -0.243. The highest BCUT2D eigenvalue weighted by molar-refractivity contribution is 5.97. The molecule has 5 N–H and O–H groups in total. The highest BCUT2D eigenvalue weighted by Gasteiger charge is 2.18. The first-order chi connectivity index (χ1) is 11.0. The standard InChI is InChI=1S/C17H21N5O/c1-11(2)16(19)17(23)20-15-10-12(18)8-9-14(15)22-21-13-6-4-3-5-7-13/h3-11,16H,18-19H2,1-2H3,(H,20,23)/t16-/m0/s1. The van der Waals surface area contributed by atoms with Crippen LogP contribution in [-0.4, -0.2) is 11.9 Å². The number of anilines is 2. The Morgan fingerprint density at radius 3 is 2.43 bits per heavy atom. The second kappa shape index (κ2) is 7.51. The molecular formula is C17H21N5O. The van der Waals surface area contributed by atoms with E-state index in [1.54, 1.807) is 18.2 Å². The van der Waals surface area contributed by atoms with Crippen molar-refractivity contribution in [3.05, 3.63) is 48.5 Å². The molecule has 0 aliphatic carbocycles. The van der Waals surface area contributed by atoms with Gasteiger partial charge < -0.3 is 16.8 Å². The van der Waals surface area contributed by atoms with Crippen LogP contribution in [0.5, 0.6) is 0 Å². The van der Waals surface area contributed by atoms with Gasteiger partial charge in [-0.1, -0.05) is 32.0 Å². The minimum atomic E-state index is -0.602. The minimum absolute atomic E-state index is 0.0328. The topological polar surface area (TPSA) is 106 Å². The molecule has 0 aromatic heterocycles. The average molecular weight is 311 g/mol. The Hall–Kier alpha value is -2.73. The number of carbonyl (C=O) groups is 1. The maximum Gasteiger partial charge on any atom is 0.241 e. The second-order valence-corrected chi connectivity index (χ2v) is 5.57. The first-order valence-electron chi connectivity index (χ1n) is 7.40. The number of hydrogen-bond acceptors (Lipinski definition) is 5. The molecular weight excluding hydrogens is 290 g/mol. The van der Waals surface area contributed by atoms with Crippen molar-refractivity contribution >= 4 is 28.7 Å². The highest BCUT2D eigenvalue weighted by atomic mass is 16.2. The van der Waals surface area contributed by atoms with E-state index < -0.39 is 6.04 Å². The van der Waals surface area contributed by atoms with E-state index in [9.17, 15) is 4.79 Å². The predicted molar refractivity (Wildman–Crippen MR) is 92.9 cm³/mol. The van der Waals surface area contributed by atoms with Crippen LogP contribution in [0.25, 0.3) is 0 Å². The number of rotatable bonds is 5. The van der Waals surface area contributed by atoms with Gasteiger partial charge in [0.2, 0.25) is 5.91 Å². The van der Waals surface area contributed by atoms with Crippen molar-refractivity contribution < 1.29 is 4.79 Å². The third-order valence-corrected chi connectivity index (χ3v) is 3.33. The maximum atomic E-state index is 12.1. The van der Waals surface area contributed by atoms with Crippen molar-refractivity contribution in [2.45, 2.75) is 19.9 Å². The normalized spacial score (nSPS) is 12.5. The summed E-state index contributed by atoms with van der Waals surface area (Å²) < 4.78 is 0. The molecule has 2 aromatic rings. The SMILES string of the molecule is CC(C)[C@H](N)C(=O)Nc1cc(N)ccc1N=Nc1ccccc1. The molecule has 0 aliphatic heterocycles. The molecule has 1 amide bonds. The van der Waals surface area contributed by atoms with E-state index in [1.807, 2.05) is 44.2 Å². The van der Waals surface area contributed by atoms with Crippen molar-refractivity contribution in [3.8, 4) is 0 Å². The zero-order chi connectivity index (χ0) is 16.8. The summed E-state index contributed by atoms with van der Waals surface area (Å²) in [5, 5.41) is 11.1. The molecule has 0 fully saturated rings. The van der Waals surface area contributed by atoms with Crippen LogP contribution in [0.3, 0.4) is 0 Å². The molecule has 2 rings (SSSR count). The Kier molecular flexibility index (Phi) is 5.43. The van der Waals surface area contributed by atoms with Crippen molar-refractivity contribution in [2.24, 2.45) is 21.9 Å². The fraction of sp³-hybridized carbons (Fsp3) is 0.235. The number of carbonyl (C=O) groups excluding carboxylic acids is 1. The molecule has 0 spiro atoms. The predicted octanol–water partition coefficient (Wildman–Crippen LogP) is 3.61. The molecule has 120 valence electrons. The lowest BCUT2D eigenvalue weighted by molar-refractivity contribution is -0.118. The summed E-state index contributed by atoms with van der Waals surface area (Å²) >= 11 is 0. The van der Waals surface area contributed by atoms with E-state index >= 15 is 0 Å². The van der Waals surface area contributed by atoms with Gasteiger partial charge in [0.25, 0.3) is 0 Å². The van der Waals surface area contributed by atoms with Crippen LogP contribution in [-0.2, 0) is 4.79 Å². The van der Waals surface area contributed by atoms with Gasteiger partial charge in [-0.05, 0) is 36.2 Å². The Morgan fingerprint density at radius 2 is 1.78 bits per heavy atom. The minimum Gasteiger partial charge on any atom is -0.399 e.